The Morgan fingerprint density at radius 1 is 1.40 bits per heavy atom. The highest BCUT2D eigenvalue weighted by Gasteiger charge is 2.07. The zero-order valence-electron chi connectivity index (χ0n) is 11.2. The molecule has 0 unspecified atom stereocenters. The highest BCUT2D eigenvalue weighted by molar-refractivity contribution is 6.31. The van der Waals surface area contributed by atoms with Crippen molar-refractivity contribution in [2.75, 3.05) is 13.7 Å². The van der Waals surface area contributed by atoms with Gasteiger partial charge in [0.2, 0.25) is 0 Å². The van der Waals surface area contributed by atoms with Gasteiger partial charge in [0, 0.05) is 29.9 Å². The number of methoxy groups -OCH3 is 1. The first-order valence-corrected chi connectivity index (χ1v) is 6.64. The van der Waals surface area contributed by atoms with E-state index in [-0.39, 0.29) is 6.61 Å². The van der Waals surface area contributed by atoms with Gasteiger partial charge >= 0.3 is 0 Å². The maximum Gasteiger partial charge on any atom is 0.124 e. The average molecular weight is 297 g/mol. The van der Waals surface area contributed by atoms with Crippen LogP contribution in [0, 0.1) is 0 Å². The molecular weight excluding hydrogens is 280 g/mol. The Morgan fingerprint density at radius 3 is 3.00 bits per heavy atom. The van der Waals surface area contributed by atoms with E-state index in [2.05, 4.69) is 15.6 Å². The van der Waals surface area contributed by atoms with E-state index in [0.29, 0.717) is 24.7 Å². The lowest BCUT2D eigenvalue weighted by atomic mass is 10.2. The molecule has 2 N–H and O–H groups in total. The summed E-state index contributed by atoms with van der Waals surface area (Å²) in [5.41, 5.74) is 1.73. The summed E-state index contributed by atoms with van der Waals surface area (Å²) in [5, 5.41) is 20.6. The zero-order chi connectivity index (χ0) is 14.4. The Labute approximate surface area is 122 Å². The van der Waals surface area contributed by atoms with Crippen molar-refractivity contribution in [1.82, 2.24) is 20.3 Å². The third-order valence-corrected chi connectivity index (χ3v) is 3.17. The SMILES string of the molecule is COc1cccc(Cl)c1CNCc1cn(CCO)nn1. The maximum absolute atomic E-state index is 8.81. The Bertz CT molecular complexity index is 559. The minimum absolute atomic E-state index is 0.0487. The molecule has 0 bridgehead atoms. The second-order valence-corrected chi connectivity index (χ2v) is 4.63. The molecule has 2 aromatic rings. The highest BCUT2D eigenvalue weighted by Crippen LogP contribution is 2.25. The van der Waals surface area contributed by atoms with Crippen LogP contribution in [0.5, 0.6) is 5.75 Å². The number of aliphatic hydroxyl groups excluding tert-OH is 1. The summed E-state index contributed by atoms with van der Waals surface area (Å²) in [4.78, 5) is 0. The second kappa shape index (κ2) is 7.23. The first-order valence-electron chi connectivity index (χ1n) is 6.26. The van der Waals surface area contributed by atoms with Gasteiger partial charge in [-0.15, -0.1) is 5.10 Å². The van der Waals surface area contributed by atoms with Gasteiger partial charge < -0.3 is 15.2 Å². The quantitative estimate of drug-likeness (QED) is 0.804. The number of aliphatic hydroxyl groups is 1. The molecule has 0 atom stereocenters. The molecule has 1 aromatic carbocycles. The Morgan fingerprint density at radius 2 is 2.25 bits per heavy atom. The van der Waals surface area contributed by atoms with Crippen molar-refractivity contribution in [2.45, 2.75) is 19.6 Å². The molecule has 0 aliphatic carbocycles. The lowest BCUT2D eigenvalue weighted by Crippen LogP contribution is -2.14. The third kappa shape index (κ3) is 3.69. The summed E-state index contributed by atoms with van der Waals surface area (Å²) in [6.07, 6.45) is 1.80. The monoisotopic (exact) mass is 296 g/mol. The minimum Gasteiger partial charge on any atom is -0.496 e. The van der Waals surface area contributed by atoms with Gasteiger partial charge in [-0.05, 0) is 12.1 Å². The van der Waals surface area contributed by atoms with E-state index in [1.165, 1.54) is 0 Å². The smallest absolute Gasteiger partial charge is 0.124 e. The summed E-state index contributed by atoms with van der Waals surface area (Å²) in [6.45, 7) is 1.65. The number of hydrogen-bond donors (Lipinski definition) is 2. The van der Waals surface area contributed by atoms with Crippen LogP contribution in [0.25, 0.3) is 0 Å². The molecule has 1 heterocycles. The number of benzene rings is 1. The van der Waals surface area contributed by atoms with Crippen LogP contribution in [-0.2, 0) is 19.6 Å². The summed E-state index contributed by atoms with van der Waals surface area (Å²) in [5.74, 6) is 0.758. The van der Waals surface area contributed by atoms with E-state index >= 15 is 0 Å². The summed E-state index contributed by atoms with van der Waals surface area (Å²) >= 11 is 6.16. The van der Waals surface area contributed by atoms with Gasteiger partial charge in [-0.3, -0.25) is 0 Å². The summed E-state index contributed by atoms with van der Waals surface area (Å²) < 4.78 is 6.88. The lowest BCUT2D eigenvalue weighted by Gasteiger charge is -2.10. The Hall–Kier alpha value is -1.63. The van der Waals surface area contributed by atoms with Gasteiger partial charge in [-0.25, -0.2) is 4.68 Å². The van der Waals surface area contributed by atoms with Gasteiger partial charge in [0.25, 0.3) is 0 Å². The first-order chi connectivity index (χ1) is 9.74. The molecule has 0 saturated carbocycles. The fourth-order valence-corrected chi connectivity index (χ4v) is 2.08. The topological polar surface area (TPSA) is 72.2 Å². The summed E-state index contributed by atoms with van der Waals surface area (Å²) in [6, 6.07) is 5.56. The largest absolute Gasteiger partial charge is 0.496 e. The van der Waals surface area contributed by atoms with E-state index < -0.39 is 0 Å². The number of hydrogen-bond acceptors (Lipinski definition) is 5. The molecule has 0 aliphatic rings. The van der Waals surface area contributed by atoms with Crippen molar-refractivity contribution in [1.29, 1.82) is 0 Å². The van der Waals surface area contributed by atoms with Gasteiger partial charge in [0.1, 0.15) is 5.75 Å². The molecule has 0 spiro atoms. The molecule has 1 aromatic heterocycles. The molecule has 6 nitrogen and oxygen atoms in total. The number of aromatic nitrogens is 3. The van der Waals surface area contributed by atoms with E-state index in [4.69, 9.17) is 21.4 Å². The molecule has 0 amide bonds. The van der Waals surface area contributed by atoms with Crippen molar-refractivity contribution >= 4 is 11.6 Å². The van der Waals surface area contributed by atoms with E-state index in [1.54, 1.807) is 18.0 Å². The molecule has 0 fully saturated rings. The Kier molecular flexibility index (Phi) is 5.34. The standard InChI is InChI=1S/C13H17ClN4O2/c1-20-13-4-2-3-12(14)11(13)8-15-7-10-9-18(5-6-19)17-16-10/h2-4,9,15,19H,5-8H2,1H3. The van der Waals surface area contributed by atoms with Gasteiger partial charge in [-0.2, -0.15) is 0 Å². The molecule has 20 heavy (non-hydrogen) atoms. The van der Waals surface area contributed by atoms with E-state index in [0.717, 1.165) is 17.0 Å². The van der Waals surface area contributed by atoms with Crippen molar-refractivity contribution < 1.29 is 9.84 Å². The molecule has 0 radical (unpaired) electrons. The molecule has 0 aliphatic heterocycles. The first kappa shape index (κ1) is 14.8. The fraction of sp³-hybridized carbons (Fsp3) is 0.385. The average Bonchev–Trinajstić information content (AvgIpc) is 2.88. The second-order valence-electron chi connectivity index (χ2n) is 4.22. The van der Waals surface area contributed by atoms with Crippen molar-refractivity contribution in [2.24, 2.45) is 0 Å². The van der Waals surface area contributed by atoms with E-state index in [1.807, 2.05) is 18.2 Å². The normalized spacial score (nSPS) is 10.8. The molecule has 2 rings (SSSR count). The van der Waals surface area contributed by atoms with Crippen LogP contribution in [0.15, 0.2) is 24.4 Å². The van der Waals surface area contributed by atoms with Gasteiger partial charge in [0.05, 0.1) is 26.0 Å². The van der Waals surface area contributed by atoms with Crippen molar-refractivity contribution in [3.63, 3.8) is 0 Å². The third-order valence-electron chi connectivity index (χ3n) is 2.82. The number of halogens is 1. The fourth-order valence-electron chi connectivity index (χ4n) is 1.85. The number of nitrogens with zero attached hydrogens (tertiary/aromatic N) is 3. The van der Waals surface area contributed by atoms with Gasteiger partial charge in [-0.1, -0.05) is 22.9 Å². The van der Waals surface area contributed by atoms with Crippen LogP contribution in [0.1, 0.15) is 11.3 Å². The van der Waals surface area contributed by atoms with Crippen LogP contribution >= 0.6 is 11.6 Å². The van der Waals surface area contributed by atoms with Crippen LogP contribution in [0.3, 0.4) is 0 Å². The number of nitrogens with one attached hydrogen (secondary N) is 1. The van der Waals surface area contributed by atoms with Crippen molar-refractivity contribution in [3.8, 4) is 5.75 Å². The molecule has 7 heteroatoms. The zero-order valence-corrected chi connectivity index (χ0v) is 12.0. The maximum atomic E-state index is 8.81. The Balaban J connectivity index is 1.92. The van der Waals surface area contributed by atoms with Crippen LogP contribution in [-0.4, -0.2) is 33.8 Å². The number of ether oxygens (including phenoxy) is 1. The highest BCUT2D eigenvalue weighted by atomic mass is 35.5. The van der Waals surface area contributed by atoms with Crippen molar-refractivity contribution in [3.05, 3.63) is 40.7 Å². The van der Waals surface area contributed by atoms with Crippen LogP contribution < -0.4 is 10.1 Å². The van der Waals surface area contributed by atoms with E-state index in [9.17, 15) is 0 Å². The van der Waals surface area contributed by atoms with Gasteiger partial charge in [0.15, 0.2) is 0 Å². The predicted octanol–water partition coefficient (Wildman–Crippen LogP) is 1.22. The molecule has 0 saturated heterocycles. The number of rotatable bonds is 7. The van der Waals surface area contributed by atoms with Crippen LogP contribution in [0.2, 0.25) is 5.02 Å². The lowest BCUT2D eigenvalue weighted by molar-refractivity contribution is 0.268. The summed E-state index contributed by atoms with van der Waals surface area (Å²) in [7, 11) is 1.62. The minimum atomic E-state index is 0.0487. The predicted molar refractivity (Wildman–Crippen MR) is 75.7 cm³/mol. The molecule has 108 valence electrons. The molecular formula is C13H17ClN4O2. The van der Waals surface area contributed by atoms with Crippen LogP contribution in [0.4, 0.5) is 0 Å².